The van der Waals surface area contributed by atoms with E-state index in [-0.39, 0.29) is 5.91 Å². The van der Waals surface area contributed by atoms with Gasteiger partial charge in [-0.15, -0.1) is 6.42 Å². The minimum Gasteiger partial charge on any atom is -0.378 e. The first-order valence-electron chi connectivity index (χ1n) is 5.30. The Kier molecular flexibility index (Phi) is 2.78. The van der Waals surface area contributed by atoms with Gasteiger partial charge in [0, 0.05) is 25.3 Å². The van der Waals surface area contributed by atoms with Crippen molar-refractivity contribution in [3.05, 3.63) is 23.8 Å². The monoisotopic (exact) mass is 230 g/mol. The maximum atomic E-state index is 11.6. The standard InChI is InChI=1S/C13H14N2O2/c1-4-7-14(2)9-5-6-10-11(8-9)15(3)13(17)12(10)16/h1,5-6,8,12,16H,7H2,2-3H3. The molecule has 4 nitrogen and oxygen atoms in total. The van der Waals surface area contributed by atoms with E-state index in [1.807, 2.05) is 24.1 Å². The summed E-state index contributed by atoms with van der Waals surface area (Å²) in [5, 5.41) is 9.72. The van der Waals surface area contributed by atoms with Crippen molar-refractivity contribution in [1.82, 2.24) is 0 Å². The number of aliphatic hydroxyl groups excluding tert-OH is 1. The van der Waals surface area contributed by atoms with Crippen molar-refractivity contribution in [1.29, 1.82) is 0 Å². The number of fused-ring (bicyclic) bond motifs is 1. The van der Waals surface area contributed by atoms with Gasteiger partial charge in [-0.05, 0) is 12.1 Å². The van der Waals surface area contributed by atoms with Crippen LogP contribution in [0.15, 0.2) is 18.2 Å². The highest BCUT2D eigenvalue weighted by molar-refractivity contribution is 6.03. The Balaban J connectivity index is 2.40. The van der Waals surface area contributed by atoms with Crippen LogP contribution in [-0.2, 0) is 4.79 Å². The topological polar surface area (TPSA) is 43.8 Å². The molecular formula is C13H14N2O2. The van der Waals surface area contributed by atoms with Gasteiger partial charge in [-0.1, -0.05) is 12.0 Å². The first kappa shape index (κ1) is 11.5. The van der Waals surface area contributed by atoms with E-state index in [0.717, 1.165) is 11.4 Å². The fourth-order valence-electron chi connectivity index (χ4n) is 1.95. The van der Waals surface area contributed by atoms with Crippen molar-refractivity contribution in [3.63, 3.8) is 0 Å². The maximum Gasteiger partial charge on any atom is 0.260 e. The third-order valence-corrected chi connectivity index (χ3v) is 3.00. The number of hydrogen-bond acceptors (Lipinski definition) is 3. The molecule has 0 saturated carbocycles. The van der Waals surface area contributed by atoms with Crippen LogP contribution in [0.2, 0.25) is 0 Å². The molecule has 1 heterocycles. The average molecular weight is 230 g/mol. The molecule has 0 bridgehead atoms. The van der Waals surface area contributed by atoms with Gasteiger partial charge in [-0.25, -0.2) is 0 Å². The molecule has 0 spiro atoms. The molecule has 1 aromatic rings. The van der Waals surface area contributed by atoms with Crippen LogP contribution in [-0.4, -0.2) is 31.7 Å². The Morgan fingerprint density at radius 2 is 2.29 bits per heavy atom. The van der Waals surface area contributed by atoms with Gasteiger partial charge in [0.2, 0.25) is 0 Å². The molecule has 1 unspecified atom stereocenters. The van der Waals surface area contributed by atoms with Crippen LogP contribution in [0.5, 0.6) is 0 Å². The molecule has 1 atom stereocenters. The molecule has 0 radical (unpaired) electrons. The molecular weight excluding hydrogens is 216 g/mol. The first-order chi connectivity index (χ1) is 8.06. The Morgan fingerprint density at radius 1 is 1.59 bits per heavy atom. The number of rotatable bonds is 2. The molecule has 0 saturated heterocycles. The van der Waals surface area contributed by atoms with E-state index in [2.05, 4.69) is 5.92 Å². The Bertz CT molecular complexity index is 505. The summed E-state index contributed by atoms with van der Waals surface area (Å²) in [5.41, 5.74) is 2.31. The summed E-state index contributed by atoms with van der Waals surface area (Å²) in [6, 6.07) is 5.48. The number of hydrogen-bond donors (Lipinski definition) is 1. The van der Waals surface area contributed by atoms with Crippen molar-refractivity contribution in [2.45, 2.75) is 6.10 Å². The summed E-state index contributed by atoms with van der Waals surface area (Å²) in [5.74, 6) is 2.26. The number of nitrogens with zero attached hydrogens (tertiary/aromatic N) is 2. The molecule has 1 aromatic carbocycles. The van der Waals surface area contributed by atoms with Crippen molar-refractivity contribution in [3.8, 4) is 12.3 Å². The van der Waals surface area contributed by atoms with E-state index >= 15 is 0 Å². The zero-order valence-electron chi connectivity index (χ0n) is 9.84. The van der Waals surface area contributed by atoms with E-state index < -0.39 is 6.10 Å². The quantitative estimate of drug-likeness (QED) is 0.763. The molecule has 1 N–H and O–H groups in total. The smallest absolute Gasteiger partial charge is 0.260 e. The molecule has 0 aliphatic carbocycles. The van der Waals surface area contributed by atoms with Gasteiger partial charge in [0.1, 0.15) is 0 Å². The minimum atomic E-state index is -1.04. The van der Waals surface area contributed by atoms with E-state index in [4.69, 9.17) is 6.42 Å². The fraction of sp³-hybridized carbons (Fsp3) is 0.308. The number of carbonyl (C=O) groups is 1. The summed E-state index contributed by atoms with van der Waals surface area (Å²) < 4.78 is 0. The number of aliphatic hydroxyl groups is 1. The van der Waals surface area contributed by atoms with E-state index in [1.54, 1.807) is 13.1 Å². The number of amides is 1. The van der Waals surface area contributed by atoms with Crippen LogP contribution in [0.4, 0.5) is 11.4 Å². The lowest BCUT2D eigenvalue weighted by Gasteiger charge is -2.18. The third kappa shape index (κ3) is 1.75. The van der Waals surface area contributed by atoms with Gasteiger partial charge in [-0.3, -0.25) is 4.79 Å². The highest BCUT2D eigenvalue weighted by Gasteiger charge is 2.33. The summed E-state index contributed by atoms with van der Waals surface area (Å²) in [7, 11) is 3.54. The third-order valence-electron chi connectivity index (χ3n) is 3.00. The number of likely N-dealkylation sites (N-methyl/N-ethyl adjacent to an activating group) is 1. The molecule has 1 aliphatic heterocycles. The highest BCUT2D eigenvalue weighted by atomic mass is 16.3. The van der Waals surface area contributed by atoms with Crippen molar-refractivity contribution < 1.29 is 9.90 Å². The zero-order valence-corrected chi connectivity index (χ0v) is 9.84. The van der Waals surface area contributed by atoms with Crippen LogP contribution >= 0.6 is 0 Å². The lowest BCUT2D eigenvalue weighted by molar-refractivity contribution is -0.125. The second-order valence-corrected chi connectivity index (χ2v) is 4.10. The van der Waals surface area contributed by atoms with Crippen LogP contribution in [0.1, 0.15) is 11.7 Å². The lowest BCUT2D eigenvalue weighted by Crippen LogP contribution is -2.23. The van der Waals surface area contributed by atoms with Crippen LogP contribution < -0.4 is 9.80 Å². The first-order valence-corrected chi connectivity index (χ1v) is 5.30. The van der Waals surface area contributed by atoms with Crippen molar-refractivity contribution in [2.24, 2.45) is 0 Å². The summed E-state index contributed by atoms with van der Waals surface area (Å²) in [4.78, 5) is 15.0. The maximum absolute atomic E-state index is 11.6. The van der Waals surface area contributed by atoms with Gasteiger partial charge < -0.3 is 14.9 Å². The lowest BCUT2D eigenvalue weighted by atomic mass is 10.1. The molecule has 2 rings (SSSR count). The number of anilines is 2. The predicted octanol–water partition coefficient (Wildman–Crippen LogP) is 0.766. The Hall–Kier alpha value is -1.99. The molecule has 0 aromatic heterocycles. The predicted molar refractivity (Wildman–Crippen MR) is 66.9 cm³/mol. The van der Waals surface area contributed by atoms with Gasteiger partial charge in [0.25, 0.3) is 5.91 Å². The molecule has 0 fully saturated rings. The molecule has 17 heavy (non-hydrogen) atoms. The summed E-state index contributed by atoms with van der Waals surface area (Å²) in [6.07, 6.45) is 4.21. The number of benzene rings is 1. The second-order valence-electron chi connectivity index (χ2n) is 4.10. The molecule has 1 aliphatic rings. The highest BCUT2D eigenvalue weighted by Crippen LogP contribution is 2.37. The van der Waals surface area contributed by atoms with Crippen LogP contribution in [0, 0.1) is 12.3 Å². The van der Waals surface area contributed by atoms with Crippen molar-refractivity contribution >= 4 is 17.3 Å². The number of carbonyl (C=O) groups excluding carboxylic acids is 1. The summed E-state index contributed by atoms with van der Waals surface area (Å²) in [6.45, 7) is 0.499. The van der Waals surface area contributed by atoms with Gasteiger partial charge in [0.15, 0.2) is 6.10 Å². The van der Waals surface area contributed by atoms with E-state index in [0.29, 0.717) is 12.1 Å². The molecule has 1 amide bonds. The summed E-state index contributed by atoms with van der Waals surface area (Å²) >= 11 is 0. The zero-order chi connectivity index (χ0) is 12.6. The Labute approximate surface area is 100 Å². The van der Waals surface area contributed by atoms with Crippen LogP contribution in [0.25, 0.3) is 0 Å². The number of terminal acetylenes is 1. The van der Waals surface area contributed by atoms with Gasteiger partial charge in [0.05, 0.1) is 12.2 Å². The van der Waals surface area contributed by atoms with Crippen LogP contribution in [0.3, 0.4) is 0 Å². The normalized spacial score (nSPS) is 17.9. The molecule has 88 valence electrons. The average Bonchev–Trinajstić information content (AvgIpc) is 2.55. The van der Waals surface area contributed by atoms with Gasteiger partial charge in [-0.2, -0.15) is 0 Å². The fourth-order valence-corrected chi connectivity index (χ4v) is 1.95. The second kappa shape index (κ2) is 4.11. The Morgan fingerprint density at radius 3 is 2.94 bits per heavy atom. The van der Waals surface area contributed by atoms with E-state index in [9.17, 15) is 9.90 Å². The van der Waals surface area contributed by atoms with E-state index in [1.165, 1.54) is 4.90 Å². The molecule has 4 heteroatoms. The minimum absolute atomic E-state index is 0.295. The largest absolute Gasteiger partial charge is 0.378 e. The van der Waals surface area contributed by atoms with Gasteiger partial charge >= 0.3 is 0 Å². The van der Waals surface area contributed by atoms with Crippen molar-refractivity contribution in [2.75, 3.05) is 30.4 Å². The SMILES string of the molecule is C#CCN(C)c1ccc2c(c1)N(C)C(=O)C2O.